The zero-order valence-electron chi connectivity index (χ0n) is 19.4. The monoisotopic (exact) mass is 395 g/mol. The topological polar surface area (TPSA) is 38.3 Å². The van der Waals surface area contributed by atoms with Gasteiger partial charge in [-0.3, -0.25) is 4.79 Å². The first-order valence-corrected chi connectivity index (χ1v) is 10.4. The molecule has 1 amide bonds. The maximum absolute atomic E-state index is 12.5. The summed E-state index contributed by atoms with van der Waals surface area (Å²) in [6.45, 7) is 17.4. The standard InChI is InChI=1S/C26H37NO2/c1-18-10-9-11-19(2)24(18)27-23(28)17-29-22-13-12-20(15-25(3,4)5)14-21(22)16-26(6,7)8/h9-14H,15-17H2,1-8H3,(H,27,28). The average Bonchev–Trinajstić information content (AvgIpc) is 2.55. The number of amides is 1. The summed E-state index contributed by atoms with van der Waals surface area (Å²) in [5.41, 5.74) is 5.82. The minimum absolute atomic E-state index is 0.00351. The molecule has 3 heteroatoms. The van der Waals surface area contributed by atoms with Crippen molar-refractivity contribution in [2.75, 3.05) is 11.9 Å². The van der Waals surface area contributed by atoms with E-state index in [0.717, 1.165) is 35.4 Å². The summed E-state index contributed by atoms with van der Waals surface area (Å²) >= 11 is 0. The third kappa shape index (κ3) is 7.56. The van der Waals surface area contributed by atoms with Gasteiger partial charge in [0, 0.05) is 5.69 Å². The highest BCUT2D eigenvalue weighted by molar-refractivity contribution is 5.93. The van der Waals surface area contributed by atoms with Crippen LogP contribution < -0.4 is 10.1 Å². The first-order valence-electron chi connectivity index (χ1n) is 10.4. The fraction of sp³-hybridized carbons (Fsp3) is 0.500. The number of hydrogen-bond acceptors (Lipinski definition) is 2. The molecule has 0 fully saturated rings. The number of nitrogens with one attached hydrogen (secondary N) is 1. The normalized spacial score (nSPS) is 12.0. The molecule has 2 rings (SSSR count). The van der Waals surface area contributed by atoms with Gasteiger partial charge in [-0.25, -0.2) is 0 Å². The highest BCUT2D eigenvalue weighted by Crippen LogP contribution is 2.31. The lowest BCUT2D eigenvalue weighted by molar-refractivity contribution is -0.118. The molecule has 2 aromatic carbocycles. The lowest BCUT2D eigenvalue weighted by Gasteiger charge is -2.23. The molecule has 0 aliphatic rings. The first-order chi connectivity index (χ1) is 13.3. The number of para-hydroxylation sites is 1. The highest BCUT2D eigenvalue weighted by atomic mass is 16.5. The van der Waals surface area contributed by atoms with Crippen molar-refractivity contribution < 1.29 is 9.53 Å². The Morgan fingerprint density at radius 1 is 0.897 bits per heavy atom. The maximum Gasteiger partial charge on any atom is 0.262 e. The van der Waals surface area contributed by atoms with Crippen molar-refractivity contribution in [3.8, 4) is 5.75 Å². The molecular weight excluding hydrogens is 358 g/mol. The SMILES string of the molecule is Cc1cccc(C)c1NC(=O)COc1ccc(CC(C)(C)C)cc1CC(C)(C)C. The van der Waals surface area contributed by atoms with Crippen LogP contribution in [0.1, 0.15) is 63.8 Å². The number of hydrogen-bond donors (Lipinski definition) is 1. The van der Waals surface area contributed by atoms with Crippen LogP contribution in [0.2, 0.25) is 0 Å². The molecule has 0 unspecified atom stereocenters. The minimum atomic E-state index is -0.136. The van der Waals surface area contributed by atoms with E-state index in [2.05, 4.69) is 59.0 Å². The Hall–Kier alpha value is -2.29. The van der Waals surface area contributed by atoms with Crippen molar-refractivity contribution in [2.45, 2.75) is 68.2 Å². The number of anilines is 1. The van der Waals surface area contributed by atoms with Gasteiger partial charge < -0.3 is 10.1 Å². The lowest BCUT2D eigenvalue weighted by Crippen LogP contribution is -2.22. The third-order valence-electron chi connectivity index (χ3n) is 4.68. The van der Waals surface area contributed by atoms with E-state index in [1.807, 2.05) is 38.1 Å². The fourth-order valence-corrected chi connectivity index (χ4v) is 3.54. The summed E-state index contributed by atoms with van der Waals surface area (Å²) in [6.07, 6.45) is 1.91. The maximum atomic E-state index is 12.5. The summed E-state index contributed by atoms with van der Waals surface area (Å²) in [4.78, 5) is 12.5. The molecule has 3 nitrogen and oxygen atoms in total. The number of aryl methyl sites for hydroxylation is 2. The van der Waals surface area contributed by atoms with E-state index in [9.17, 15) is 4.79 Å². The summed E-state index contributed by atoms with van der Waals surface area (Å²) in [7, 11) is 0. The van der Waals surface area contributed by atoms with Gasteiger partial charge in [-0.15, -0.1) is 0 Å². The van der Waals surface area contributed by atoms with E-state index >= 15 is 0 Å². The van der Waals surface area contributed by atoms with Gasteiger partial charge in [0.15, 0.2) is 6.61 Å². The highest BCUT2D eigenvalue weighted by Gasteiger charge is 2.18. The van der Waals surface area contributed by atoms with E-state index in [-0.39, 0.29) is 23.3 Å². The molecule has 1 N–H and O–H groups in total. The van der Waals surface area contributed by atoms with Gasteiger partial charge in [0.05, 0.1) is 0 Å². The van der Waals surface area contributed by atoms with Gasteiger partial charge in [0.1, 0.15) is 5.75 Å². The van der Waals surface area contributed by atoms with E-state index in [0.29, 0.717) is 0 Å². The zero-order valence-corrected chi connectivity index (χ0v) is 19.4. The predicted octanol–water partition coefficient (Wildman–Crippen LogP) is 6.50. The number of carbonyl (C=O) groups is 1. The molecule has 0 bridgehead atoms. The van der Waals surface area contributed by atoms with Crippen LogP contribution in [0, 0.1) is 24.7 Å². The fourth-order valence-electron chi connectivity index (χ4n) is 3.54. The molecule has 0 aliphatic heterocycles. The Morgan fingerprint density at radius 3 is 2.03 bits per heavy atom. The molecule has 0 saturated carbocycles. The minimum Gasteiger partial charge on any atom is -0.483 e. The molecule has 0 spiro atoms. The lowest BCUT2D eigenvalue weighted by atomic mass is 9.84. The Bertz CT molecular complexity index is 834. The van der Waals surface area contributed by atoms with Crippen molar-refractivity contribution >= 4 is 11.6 Å². The van der Waals surface area contributed by atoms with E-state index in [1.54, 1.807) is 0 Å². The Labute approximate surface area is 176 Å². The zero-order chi connectivity index (χ0) is 21.8. The van der Waals surface area contributed by atoms with Gasteiger partial charge in [-0.05, 0) is 65.8 Å². The van der Waals surface area contributed by atoms with Crippen molar-refractivity contribution in [2.24, 2.45) is 10.8 Å². The molecular formula is C26H37NO2. The van der Waals surface area contributed by atoms with Gasteiger partial charge in [0.2, 0.25) is 0 Å². The second-order valence-corrected chi connectivity index (χ2v) is 10.5. The van der Waals surface area contributed by atoms with Gasteiger partial charge in [0.25, 0.3) is 5.91 Å². The summed E-state index contributed by atoms with van der Waals surface area (Å²) in [5.74, 6) is 0.664. The molecule has 0 aromatic heterocycles. The van der Waals surface area contributed by atoms with Crippen molar-refractivity contribution in [3.05, 3.63) is 58.7 Å². The number of carbonyl (C=O) groups excluding carboxylic acids is 1. The van der Waals surface area contributed by atoms with Crippen LogP contribution in [-0.2, 0) is 17.6 Å². The molecule has 0 saturated heterocycles. The Kier molecular flexibility index (Phi) is 7.15. The van der Waals surface area contributed by atoms with E-state index in [4.69, 9.17) is 4.74 Å². The van der Waals surface area contributed by atoms with Crippen molar-refractivity contribution in [3.63, 3.8) is 0 Å². The number of ether oxygens (including phenoxy) is 1. The molecule has 158 valence electrons. The quantitative estimate of drug-likeness (QED) is 0.606. The van der Waals surface area contributed by atoms with E-state index < -0.39 is 0 Å². The second kappa shape index (κ2) is 9.02. The third-order valence-corrected chi connectivity index (χ3v) is 4.68. The number of rotatable bonds is 6. The van der Waals surface area contributed by atoms with Gasteiger partial charge >= 0.3 is 0 Å². The van der Waals surface area contributed by atoms with Gasteiger partial charge in [-0.2, -0.15) is 0 Å². The summed E-state index contributed by atoms with van der Waals surface area (Å²) in [5, 5.41) is 2.99. The molecule has 0 heterocycles. The summed E-state index contributed by atoms with van der Waals surface area (Å²) in [6, 6.07) is 12.4. The smallest absolute Gasteiger partial charge is 0.262 e. The van der Waals surface area contributed by atoms with Crippen LogP contribution in [0.4, 0.5) is 5.69 Å². The molecule has 0 atom stereocenters. The van der Waals surface area contributed by atoms with Crippen LogP contribution in [-0.4, -0.2) is 12.5 Å². The van der Waals surface area contributed by atoms with Crippen LogP contribution in [0.3, 0.4) is 0 Å². The van der Waals surface area contributed by atoms with E-state index in [1.165, 1.54) is 11.1 Å². The second-order valence-electron chi connectivity index (χ2n) is 10.5. The Morgan fingerprint density at radius 2 is 1.48 bits per heavy atom. The Balaban J connectivity index is 2.15. The predicted molar refractivity (Wildman–Crippen MR) is 123 cm³/mol. The molecule has 0 radical (unpaired) electrons. The molecule has 29 heavy (non-hydrogen) atoms. The van der Waals surface area contributed by atoms with Gasteiger partial charge in [-0.1, -0.05) is 71.9 Å². The molecule has 2 aromatic rings. The van der Waals surface area contributed by atoms with Crippen molar-refractivity contribution in [1.29, 1.82) is 0 Å². The summed E-state index contributed by atoms with van der Waals surface area (Å²) < 4.78 is 5.97. The van der Waals surface area contributed by atoms with Crippen LogP contribution in [0.25, 0.3) is 0 Å². The van der Waals surface area contributed by atoms with Crippen molar-refractivity contribution in [1.82, 2.24) is 0 Å². The largest absolute Gasteiger partial charge is 0.483 e. The van der Waals surface area contributed by atoms with Crippen LogP contribution in [0.15, 0.2) is 36.4 Å². The van der Waals surface area contributed by atoms with Crippen LogP contribution >= 0.6 is 0 Å². The number of benzene rings is 2. The average molecular weight is 396 g/mol. The first kappa shape index (κ1) is 23.0. The molecule has 0 aliphatic carbocycles. The van der Waals surface area contributed by atoms with Crippen LogP contribution in [0.5, 0.6) is 5.75 Å².